The van der Waals surface area contributed by atoms with E-state index >= 15 is 0 Å². The van der Waals surface area contributed by atoms with Crippen molar-refractivity contribution in [3.05, 3.63) is 64.2 Å². The van der Waals surface area contributed by atoms with Crippen LogP contribution in [0.15, 0.2) is 57.4 Å². The fourth-order valence-electron chi connectivity index (χ4n) is 1.96. The van der Waals surface area contributed by atoms with Crippen LogP contribution in [0.5, 0.6) is 5.75 Å². The standard InChI is InChI=1S/C16H12N2O4S/c1-21-14-9-22-13(8-12(14)19)15(20)18-11-4-2-3-10(7-11)16-17-5-6-23-16/h2-9H,1H3,(H,18,20). The molecule has 0 saturated heterocycles. The summed E-state index contributed by atoms with van der Waals surface area (Å²) in [6, 6.07) is 8.37. The number of benzene rings is 1. The first-order valence-corrected chi connectivity index (χ1v) is 7.53. The van der Waals surface area contributed by atoms with Gasteiger partial charge in [-0.2, -0.15) is 0 Å². The van der Waals surface area contributed by atoms with Crippen LogP contribution in [0.4, 0.5) is 5.69 Å². The van der Waals surface area contributed by atoms with E-state index in [0.29, 0.717) is 5.69 Å². The molecule has 0 bridgehead atoms. The largest absolute Gasteiger partial charge is 0.490 e. The first-order valence-electron chi connectivity index (χ1n) is 6.65. The van der Waals surface area contributed by atoms with Crippen molar-refractivity contribution in [1.29, 1.82) is 0 Å². The van der Waals surface area contributed by atoms with Crippen molar-refractivity contribution in [2.24, 2.45) is 0 Å². The summed E-state index contributed by atoms with van der Waals surface area (Å²) in [5.74, 6) is -0.552. The first-order chi connectivity index (χ1) is 11.2. The Labute approximate surface area is 135 Å². The molecule has 0 aliphatic heterocycles. The average molecular weight is 328 g/mol. The molecule has 7 heteroatoms. The summed E-state index contributed by atoms with van der Waals surface area (Å²) >= 11 is 1.51. The number of nitrogens with zero attached hydrogens (tertiary/aromatic N) is 1. The number of nitrogens with one attached hydrogen (secondary N) is 1. The molecule has 0 radical (unpaired) electrons. The van der Waals surface area contributed by atoms with Crippen molar-refractivity contribution in [2.45, 2.75) is 0 Å². The minimum Gasteiger partial charge on any atom is -0.490 e. The van der Waals surface area contributed by atoms with Gasteiger partial charge in [-0.1, -0.05) is 12.1 Å². The molecule has 0 unspecified atom stereocenters. The van der Waals surface area contributed by atoms with E-state index in [9.17, 15) is 9.59 Å². The summed E-state index contributed by atoms with van der Waals surface area (Å²) in [4.78, 5) is 28.1. The number of carbonyl (C=O) groups is 1. The number of aromatic nitrogens is 1. The normalized spacial score (nSPS) is 10.3. The first kappa shape index (κ1) is 15.0. The molecule has 0 saturated carbocycles. The number of rotatable bonds is 4. The quantitative estimate of drug-likeness (QED) is 0.796. The number of amides is 1. The van der Waals surface area contributed by atoms with E-state index in [0.717, 1.165) is 22.9 Å². The molecule has 3 rings (SSSR count). The van der Waals surface area contributed by atoms with Gasteiger partial charge in [0, 0.05) is 28.9 Å². The molecule has 3 aromatic rings. The summed E-state index contributed by atoms with van der Waals surface area (Å²) in [5, 5.41) is 5.43. The van der Waals surface area contributed by atoms with Crippen LogP contribution >= 0.6 is 11.3 Å². The molecule has 116 valence electrons. The van der Waals surface area contributed by atoms with Crippen LogP contribution in [-0.4, -0.2) is 18.0 Å². The predicted molar refractivity (Wildman–Crippen MR) is 87.0 cm³/mol. The van der Waals surface area contributed by atoms with E-state index in [-0.39, 0.29) is 11.5 Å². The minimum absolute atomic E-state index is 0.0484. The van der Waals surface area contributed by atoms with Crippen molar-refractivity contribution in [3.63, 3.8) is 0 Å². The molecule has 1 N–H and O–H groups in total. The zero-order chi connectivity index (χ0) is 16.2. The highest BCUT2D eigenvalue weighted by atomic mass is 32.1. The van der Waals surface area contributed by atoms with Gasteiger partial charge in [-0.05, 0) is 12.1 Å². The number of hydrogen-bond donors (Lipinski definition) is 1. The topological polar surface area (TPSA) is 81.4 Å². The van der Waals surface area contributed by atoms with E-state index in [1.165, 1.54) is 18.4 Å². The van der Waals surface area contributed by atoms with Crippen LogP contribution in [0, 0.1) is 0 Å². The Balaban J connectivity index is 1.82. The SMILES string of the molecule is COc1coc(C(=O)Nc2cccc(-c3nccs3)c2)cc1=O. The lowest BCUT2D eigenvalue weighted by molar-refractivity contribution is 0.0993. The van der Waals surface area contributed by atoms with Gasteiger partial charge in [0.1, 0.15) is 11.3 Å². The van der Waals surface area contributed by atoms with E-state index in [1.54, 1.807) is 18.3 Å². The highest BCUT2D eigenvalue weighted by Crippen LogP contribution is 2.24. The van der Waals surface area contributed by atoms with Crippen LogP contribution in [0.1, 0.15) is 10.6 Å². The maximum Gasteiger partial charge on any atom is 0.291 e. The predicted octanol–water partition coefficient (Wildman–Crippen LogP) is 3.02. The van der Waals surface area contributed by atoms with Gasteiger partial charge >= 0.3 is 0 Å². The van der Waals surface area contributed by atoms with E-state index in [1.807, 2.05) is 17.5 Å². The molecule has 2 heterocycles. The molecule has 1 aromatic carbocycles. The third-order valence-electron chi connectivity index (χ3n) is 3.04. The van der Waals surface area contributed by atoms with Crippen molar-refractivity contribution in [3.8, 4) is 16.3 Å². The Kier molecular flexibility index (Phi) is 4.20. The number of carbonyl (C=O) groups excluding carboxylic acids is 1. The van der Waals surface area contributed by atoms with Gasteiger partial charge in [-0.25, -0.2) is 4.98 Å². The fraction of sp³-hybridized carbons (Fsp3) is 0.0625. The van der Waals surface area contributed by atoms with Gasteiger partial charge in [0.15, 0.2) is 5.76 Å². The summed E-state index contributed by atoms with van der Waals surface area (Å²) in [5.41, 5.74) is 1.07. The summed E-state index contributed by atoms with van der Waals surface area (Å²) in [6.07, 6.45) is 2.83. The van der Waals surface area contributed by atoms with Crippen molar-refractivity contribution < 1.29 is 13.9 Å². The van der Waals surface area contributed by atoms with Gasteiger partial charge < -0.3 is 14.5 Å². The van der Waals surface area contributed by atoms with Crippen LogP contribution in [0.2, 0.25) is 0 Å². The average Bonchev–Trinajstić information content (AvgIpc) is 3.09. The van der Waals surface area contributed by atoms with Crippen LogP contribution in [0.3, 0.4) is 0 Å². The zero-order valence-electron chi connectivity index (χ0n) is 12.1. The second-order valence-electron chi connectivity index (χ2n) is 4.55. The summed E-state index contributed by atoms with van der Waals surface area (Å²) in [7, 11) is 1.36. The smallest absolute Gasteiger partial charge is 0.291 e. The summed E-state index contributed by atoms with van der Waals surface area (Å²) in [6.45, 7) is 0. The Morgan fingerprint density at radius 2 is 2.22 bits per heavy atom. The Bertz CT molecular complexity index is 887. The number of ether oxygens (including phenoxy) is 1. The number of anilines is 1. The lowest BCUT2D eigenvalue weighted by Crippen LogP contribution is -2.15. The summed E-state index contributed by atoms with van der Waals surface area (Å²) < 4.78 is 9.93. The van der Waals surface area contributed by atoms with Crippen LogP contribution in [-0.2, 0) is 0 Å². The third kappa shape index (κ3) is 3.29. The fourth-order valence-corrected chi connectivity index (χ4v) is 2.59. The maximum atomic E-state index is 12.2. The Hall–Kier alpha value is -2.93. The molecular weight excluding hydrogens is 316 g/mol. The number of thiazole rings is 1. The molecule has 23 heavy (non-hydrogen) atoms. The highest BCUT2D eigenvalue weighted by Gasteiger charge is 2.12. The monoisotopic (exact) mass is 328 g/mol. The Morgan fingerprint density at radius 1 is 1.35 bits per heavy atom. The van der Waals surface area contributed by atoms with Crippen molar-refractivity contribution in [2.75, 3.05) is 12.4 Å². The molecule has 0 fully saturated rings. The third-order valence-corrected chi connectivity index (χ3v) is 3.86. The molecule has 0 aliphatic carbocycles. The van der Waals surface area contributed by atoms with Gasteiger partial charge in [-0.3, -0.25) is 9.59 Å². The molecule has 0 atom stereocenters. The van der Waals surface area contributed by atoms with E-state index < -0.39 is 11.3 Å². The van der Waals surface area contributed by atoms with E-state index in [4.69, 9.17) is 9.15 Å². The zero-order valence-corrected chi connectivity index (χ0v) is 12.9. The second kappa shape index (κ2) is 6.45. The number of hydrogen-bond acceptors (Lipinski definition) is 6. The lowest BCUT2D eigenvalue weighted by Gasteiger charge is -2.06. The maximum absolute atomic E-state index is 12.2. The van der Waals surface area contributed by atoms with Crippen LogP contribution in [0.25, 0.3) is 10.6 Å². The molecular formula is C16H12N2O4S. The van der Waals surface area contributed by atoms with Crippen LogP contribution < -0.4 is 15.5 Å². The van der Waals surface area contributed by atoms with Crippen molar-refractivity contribution in [1.82, 2.24) is 4.98 Å². The molecule has 2 aromatic heterocycles. The highest BCUT2D eigenvalue weighted by molar-refractivity contribution is 7.13. The molecule has 6 nitrogen and oxygen atoms in total. The molecule has 1 amide bonds. The molecule has 0 aliphatic rings. The Morgan fingerprint density at radius 3 is 2.91 bits per heavy atom. The van der Waals surface area contributed by atoms with Gasteiger partial charge in [0.2, 0.25) is 11.2 Å². The van der Waals surface area contributed by atoms with Gasteiger partial charge in [-0.15, -0.1) is 11.3 Å². The second-order valence-corrected chi connectivity index (χ2v) is 5.44. The minimum atomic E-state index is -0.513. The van der Waals surface area contributed by atoms with Gasteiger partial charge in [0.25, 0.3) is 5.91 Å². The lowest BCUT2D eigenvalue weighted by atomic mass is 10.2. The van der Waals surface area contributed by atoms with Crippen molar-refractivity contribution >= 4 is 22.9 Å². The number of methoxy groups -OCH3 is 1. The molecule has 0 spiro atoms. The van der Waals surface area contributed by atoms with Gasteiger partial charge in [0.05, 0.1) is 7.11 Å². The van der Waals surface area contributed by atoms with E-state index in [2.05, 4.69) is 10.3 Å².